The first kappa shape index (κ1) is 14.2. The predicted molar refractivity (Wildman–Crippen MR) is 71.0 cm³/mol. The lowest BCUT2D eigenvalue weighted by atomic mass is 9.96. The summed E-state index contributed by atoms with van der Waals surface area (Å²) in [6, 6.07) is 1.66. The molecule has 0 saturated carbocycles. The van der Waals surface area contributed by atoms with Gasteiger partial charge < -0.3 is 16.1 Å². The summed E-state index contributed by atoms with van der Waals surface area (Å²) in [6.07, 6.45) is 0. The molecule has 0 spiro atoms. The molecule has 1 rings (SSSR count). The molecule has 0 fully saturated rings. The minimum Gasteiger partial charge on any atom is -0.368 e. The monoisotopic (exact) mass is 252 g/mol. The van der Waals surface area contributed by atoms with E-state index in [0.29, 0.717) is 17.5 Å². The van der Waals surface area contributed by atoms with E-state index in [1.54, 1.807) is 18.0 Å². The minimum absolute atomic E-state index is 0.0879. The van der Waals surface area contributed by atoms with Crippen LogP contribution in [0.4, 0.5) is 11.6 Å². The quantitative estimate of drug-likeness (QED) is 0.513. The van der Waals surface area contributed by atoms with Gasteiger partial charge in [-0.25, -0.2) is 15.8 Å². The molecule has 1 heterocycles. The minimum atomic E-state index is -0.421. The first-order valence-corrected chi connectivity index (χ1v) is 5.59. The third-order valence-corrected chi connectivity index (χ3v) is 2.32. The van der Waals surface area contributed by atoms with E-state index in [1.807, 2.05) is 20.8 Å². The fourth-order valence-corrected chi connectivity index (χ4v) is 1.35. The molecule has 0 aliphatic carbocycles. The molecule has 100 valence electrons. The molecular weight excluding hydrogens is 232 g/mol. The van der Waals surface area contributed by atoms with Gasteiger partial charge in [0.25, 0.3) is 0 Å². The molecule has 0 saturated heterocycles. The second-order valence-electron chi connectivity index (χ2n) is 5.15. The molecule has 0 aromatic carbocycles. The Bertz CT molecular complexity index is 440. The van der Waals surface area contributed by atoms with Crippen LogP contribution in [0, 0.1) is 0 Å². The van der Waals surface area contributed by atoms with Crippen LogP contribution >= 0.6 is 0 Å². The summed E-state index contributed by atoms with van der Waals surface area (Å²) in [5.74, 6) is 6.70. The van der Waals surface area contributed by atoms with Gasteiger partial charge in [0.2, 0.25) is 5.91 Å². The van der Waals surface area contributed by atoms with E-state index in [1.165, 1.54) is 0 Å². The molecule has 0 atom stereocenters. The molecule has 7 heteroatoms. The molecule has 7 nitrogen and oxygen atoms in total. The van der Waals surface area contributed by atoms with Crippen LogP contribution in [0.1, 0.15) is 26.6 Å². The van der Waals surface area contributed by atoms with Crippen molar-refractivity contribution in [1.29, 1.82) is 0 Å². The number of amides is 1. The number of hydrogen-bond acceptors (Lipinski definition) is 6. The Labute approximate surface area is 107 Å². The van der Waals surface area contributed by atoms with Crippen LogP contribution in [0.15, 0.2) is 6.07 Å². The Morgan fingerprint density at radius 2 is 2.06 bits per heavy atom. The van der Waals surface area contributed by atoms with Gasteiger partial charge in [-0.05, 0) is 0 Å². The number of anilines is 2. The van der Waals surface area contributed by atoms with Crippen LogP contribution in [0.5, 0.6) is 0 Å². The van der Waals surface area contributed by atoms with Crippen molar-refractivity contribution in [2.75, 3.05) is 23.9 Å². The SMILES string of the molecule is CN(CC(N)=O)c1cc(NN)nc(C(C)(C)C)n1. The fraction of sp³-hybridized carbons (Fsp3) is 0.545. The van der Waals surface area contributed by atoms with Crippen LogP contribution in [-0.2, 0) is 10.2 Å². The van der Waals surface area contributed by atoms with Gasteiger partial charge in [0.05, 0.1) is 6.54 Å². The zero-order valence-corrected chi connectivity index (χ0v) is 11.2. The lowest BCUT2D eigenvalue weighted by Gasteiger charge is -2.22. The molecule has 18 heavy (non-hydrogen) atoms. The largest absolute Gasteiger partial charge is 0.368 e. The number of rotatable bonds is 4. The number of nitrogens with zero attached hydrogens (tertiary/aromatic N) is 3. The highest BCUT2D eigenvalue weighted by atomic mass is 16.1. The van der Waals surface area contributed by atoms with Crippen molar-refractivity contribution in [2.45, 2.75) is 26.2 Å². The average molecular weight is 252 g/mol. The van der Waals surface area contributed by atoms with Crippen LogP contribution in [0.25, 0.3) is 0 Å². The molecule has 1 aromatic heterocycles. The van der Waals surface area contributed by atoms with Crippen LogP contribution in [0.2, 0.25) is 0 Å². The van der Waals surface area contributed by atoms with Gasteiger partial charge in [0.15, 0.2) is 0 Å². The number of primary amides is 1. The summed E-state index contributed by atoms with van der Waals surface area (Å²) >= 11 is 0. The number of nitrogens with one attached hydrogen (secondary N) is 1. The summed E-state index contributed by atoms with van der Waals surface area (Å²) in [6.45, 7) is 6.09. The first-order chi connectivity index (χ1) is 8.24. The summed E-state index contributed by atoms with van der Waals surface area (Å²) in [4.78, 5) is 21.3. The molecular formula is C11H20N6O. The molecule has 1 aromatic rings. The predicted octanol–water partition coefficient (Wildman–Crippen LogP) is -0.0188. The second-order valence-corrected chi connectivity index (χ2v) is 5.15. The smallest absolute Gasteiger partial charge is 0.236 e. The average Bonchev–Trinajstić information content (AvgIpc) is 2.26. The van der Waals surface area contributed by atoms with E-state index >= 15 is 0 Å². The van der Waals surface area contributed by atoms with Gasteiger partial charge in [0.1, 0.15) is 17.5 Å². The lowest BCUT2D eigenvalue weighted by molar-refractivity contribution is -0.116. The second kappa shape index (κ2) is 5.18. The van der Waals surface area contributed by atoms with E-state index < -0.39 is 5.91 Å². The van der Waals surface area contributed by atoms with Gasteiger partial charge >= 0.3 is 0 Å². The third kappa shape index (κ3) is 3.56. The van der Waals surface area contributed by atoms with Crippen molar-refractivity contribution < 1.29 is 4.79 Å². The third-order valence-electron chi connectivity index (χ3n) is 2.32. The number of likely N-dealkylation sites (N-methyl/N-ethyl adjacent to an activating group) is 1. The number of nitrogen functional groups attached to an aromatic ring is 1. The van der Waals surface area contributed by atoms with E-state index in [2.05, 4.69) is 15.4 Å². The standard InChI is InChI=1S/C11H20N6O/c1-11(2,3)10-14-8(16-13)5-9(15-10)17(4)6-7(12)18/h5H,6,13H2,1-4H3,(H2,12,18)(H,14,15,16). The Kier molecular flexibility index (Phi) is 4.07. The Balaban J connectivity index is 3.15. The van der Waals surface area contributed by atoms with E-state index in [9.17, 15) is 4.79 Å². The molecule has 1 amide bonds. The highest BCUT2D eigenvalue weighted by Crippen LogP contribution is 2.23. The highest BCUT2D eigenvalue weighted by Gasteiger charge is 2.20. The van der Waals surface area contributed by atoms with Gasteiger partial charge in [-0.2, -0.15) is 0 Å². The highest BCUT2D eigenvalue weighted by molar-refractivity contribution is 5.79. The number of carbonyl (C=O) groups excluding carboxylic acids is 1. The zero-order chi connectivity index (χ0) is 13.9. The maximum atomic E-state index is 10.9. The number of carbonyl (C=O) groups is 1. The van der Waals surface area contributed by atoms with Gasteiger partial charge in [0, 0.05) is 18.5 Å². The molecule has 5 N–H and O–H groups in total. The Hall–Kier alpha value is -1.89. The van der Waals surface area contributed by atoms with Crippen molar-refractivity contribution in [2.24, 2.45) is 11.6 Å². The van der Waals surface area contributed by atoms with Crippen molar-refractivity contribution >= 4 is 17.5 Å². The molecule has 0 bridgehead atoms. The normalized spacial score (nSPS) is 11.2. The van der Waals surface area contributed by atoms with Crippen LogP contribution in [-0.4, -0.2) is 29.5 Å². The number of aromatic nitrogens is 2. The van der Waals surface area contributed by atoms with Crippen LogP contribution < -0.4 is 21.9 Å². The van der Waals surface area contributed by atoms with E-state index in [4.69, 9.17) is 11.6 Å². The Morgan fingerprint density at radius 3 is 2.50 bits per heavy atom. The van der Waals surface area contributed by atoms with Crippen molar-refractivity contribution in [3.63, 3.8) is 0 Å². The summed E-state index contributed by atoms with van der Waals surface area (Å²) in [5.41, 5.74) is 7.44. The van der Waals surface area contributed by atoms with Crippen LogP contribution in [0.3, 0.4) is 0 Å². The first-order valence-electron chi connectivity index (χ1n) is 5.59. The molecule has 0 radical (unpaired) electrons. The van der Waals surface area contributed by atoms with E-state index in [0.717, 1.165) is 0 Å². The zero-order valence-electron chi connectivity index (χ0n) is 11.2. The summed E-state index contributed by atoms with van der Waals surface area (Å²) in [7, 11) is 1.74. The fourth-order valence-electron chi connectivity index (χ4n) is 1.35. The summed E-state index contributed by atoms with van der Waals surface area (Å²) < 4.78 is 0. The molecule has 0 aliphatic rings. The number of hydrogen-bond donors (Lipinski definition) is 3. The van der Waals surface area contributed by atoms with Crippen molar-refractivity contribution in [3.8, 4) is 0 Å². The number of hydrazine groups is 1. The van der Waals surface area contributed by atoms with E-state index in [-0.39, 0.29) is 12.0 Å². The van der Waals surface area contributed by atoms with Crippen molar-refractivity contribution in [1.82, 2.24) is 9.97 Å². The molecule has 0 aliphatic heterocycles. The molecule has 0 unspecified atom stereocenters. The van der Waals surface area contributed by atoms with Crippen molar-refractivity contribution in [3.05, 3.63) is 11.9 Å². The Morgan fingerprint density at radius 1 is 1.44 bits per heavy atom. The number of nitrogens with two attached hydrogens (primary N) is 2. The lowest BCUT2D eigenvalue weighted by Crippen LogP contribution is -2.32. The van der Waals surface area contributed by atoms with Gasteiger partial charge in [-0.1, -0.05) is 20.8 Å². The summed E-state index contributed by atoms with van der Waals surface area (Å²) in [5, 5.41) is 0. The topological polar surface area (TPSA) is 110 Å². The maximum Gasteiger partial charge on any atom is 0.236 e. The maximum absolute atomic E-state index is 10.9. The van der Waals surface area contributed by atoms with Gasteiger partial charge in [-0.3, -0.25) is 4.79 Å². The van der Waals surface area contributed by atoms with Gasteiger partial charge in [-0.15, -0.1) is 0 Å².